The first-order valence-corrected chi connectivity index (χ1v) is 9.99. The Balaban J connectivity index is 1.76. The number of fused-ring (bicyclic) bond motifs is 3. The molecule has 0 fully saturated rings. The van der Waals surface area contributed by atoms with Crippen LogP contribution in [0.15, 0.2) is 36.4 Å². The van der Waals surface area contributed by atoms with Crippen molar-refractivity contribution in [1.82, 2.24) is 4.57 Å². The largest absolute Gasteiger partial charge is 0.389 e. The van der Waals surface area contributed by atoms with Gasteiger partial charge >= 0.3 is 24.2 Å². The first kappa shape index (κ1) is 25.8. The van der Waals surface area contributed by atoms with E-state index in [1.54, 1.807) is 41.0 Å². The second-order valence-electron chi connectivity index (χ2n) is 7.31. The molecule has 1 aromatic heterocycles. The predicted molar refractivity (Wildman–Crippen MR) is 107 cm³/mol. The molecule has 3 nitrogen and oxygen atoms in total. The van der Waals surface area contributed by atoms with Crippen LogP contribution in [0, 0.1) is 0 Å². The minimum absolute atomic E-state index is 0.265. The van der Waals surface area contributed by atoms with Crippen LogP contribution in [0.4, 0.5) is 35.1 Å². The lowest BCUT2D eigenvalue weighted by Crippen LogP contribution is -2.59. The molecule has 1 N–H and O–H groups in total. The van der Waals surface area contributed by atoms with E-state index in [4.69, 9.17) is 23.2 Å². The molecule has 0 spiro atoms. The smallest absolute Gasteiger partial charge is 0.380 e. The van der Waals surface area contributed by atoms with E-state index >= 15 is 0 Å². The van der Waals surface area contributed by atoms with Gasteiger partial charge in [-0.15, -0.1) is 0 Å². The lowest BCUT2D eigenvalue weighted by molar-refractivity contribution is -0.346. The van der Waals surface area contributed by atoms with Crippen molar-refractivity contribution < 1.29 is 45.0 Å². The van der Waals surface area contributed by atoms with Crippen molar-refractivity contribution in [2.75, 3.05) is 13.2 Å². The summed E-state index contributed by atoms with van der Waals surface area (Å²) < 4.78 is 110. The van der Waals surface area contributed by atoms with Gasteiger partial charge in [0.05, 0.1) is 19.3 Å². The molecule has 0 amide bonds. The molecule has 0 saturated heterocycles. The third kappa shape index (κ3) is 4.73. The number of aromatic nitrogens is 1. The van der Waals surface area contributed by atoms with E-state index in [0.29, 0.717) is 31.9 Å². The molecule has 0 aliphatic rings. The summed E-state index contributed by atoms with van der Waals surface area (Å²) in [7, 11) is 0. The fourth-order valence-corrected chi connectivity index (χ4v) is 3.65. The Hall–Kier alpha value is -1.82. The highest BCUT2D eigenvalue weighted by Gasteiger charge is 2.75. The van der Waals surface area contributed by atoms with Gasteiger partial charge < -0.3 is 14.4 Å². The van der Waals surface area contributed by atoms with E-state index in [9.17, 15) is 40.2 Å². The molecule has 3 aromatic rings. The maximum atomic E-state index is 13.6. The van der Waals surface area contributed by atoms with Gasteiger partial charge in [0, 0.05) is 31.9 Å². The van der Waals surface area contributed by atoms with Crippen LogP contribution < -0.4 is 0 Å². The average Bonchev–Trinajstić information content (AvgIpc) is 2.99. The van der Waals surface area contributed by atoms with Gasteiger partial charge in [0.25, 0.3) is 0 Å². The summed E-state index contributed by atoms with van der Waals surface area (Å²) in [6.45, 7) is -3.54. The molecule has 1 atom stereocenters. The first-order chi connectivity index (χ1) is 15.2. The highest BCUT2D eigenvalue weighted by Crippen LogP contribution is 2.48. The van der Waals surface area contributed by atoms with Crippen molar-refractivity contribution >= 4 is 45.0 Å². The zero-order valence-electron chi connectivity index (χ0n) is 16.3. The Morgan fingerprint density at radius 2 is 1.36 bits per heavy atom. The van der Waals surface area contributed by atoms with E-state index in [2.05, 4.69) is 4.74 Å². The molecule has 0 aliphatic carbocycles. The summed E-state index contributed by atoms with van der Waals surface area (Å²) in [6.07, 6.45) is -6.56. The van der Waals surface area contributed by atoms with Gasteiger partial charge in [-0.3, -0.25) is 0 Å². The van der Waals surface area contributed by atoms with Gasteiger partial charge in [0.2, 0.25) is 0 Å². The second-order valence-corrected chi connectivity index (χ2v) is 8.18. The number of halogens is 10. The lowest BCUT2D eigenvalue weighted by atomic mass is 10.1. The van der Waals surface area contributed by atoms with Gasteiger partial charge in [-0.05, 0) is 36.4 Å². The van der Waals surface area contributed by atoms with Crippen LogP contribution in [-0.2, 0) is 11.3 Å². The van der Waals surface area contributed by atoms with E-state index in [-0.39, 0.29) is 6.54 Å². The van der Waals surface area contributed by atoms with Crippen LogP contribution in [0.2, 0.25) is 10.0 Å². The van der Waals surface area contributed by atoms with Crippen LogP contribution in [0.5, 0.6) is 0 Å². The summed E-state index contributed by atoms with van der Waals surface area (Å²) in [5.74, 6) is -18.3. The number of nitrogens with zero attached hydrogens (tertiary/aromatic N) is 1. The average molecular weight is 524 g/mol. The van der Waals surface area contributed by atoms with Crippen LogP contribution in [-0.4, -0.2) is 53.2 Å². The highest BCUT2D eigenvalue weighted by atomic mass is 35.5. The topological polar surface area (TPSA) is 34.4 Å². The maximum Gasteiger partial charge on any atom is 0.380 e. The van der Waals surface area contributed by atoms with Crippen molar-refractivity contribution in [2.24, 2.45) is 0 Å². The number of alkyl halides is 8. The third-order valence-electron chi connectivity index (χ3n) is 4.93. The monoisotopic (exact) mass is 523 g/mol. The van der Waals surface area contributed by atoms with Gasteiger partial charge in [0.1, 0.15) is 6.61 Å². The number of hydrogen-bond acceptors (Lipinski definition) is 2. The Kier molecular flexibility index (Phi) is 7.10. The fraction of sp³-hybridized carbons (Fsp3) is 0.400. The number of hydrogen-bond donors (Lipinski definition) is 1. The second kappa shape index (κ2) is 9.09. The fourth-order valence-electron chi connectivity index (χ4n) is 3.30. The maximum absolute atomic E-state index is 13.6. The predicted octanol–water partition coefficient (Wildman–Crippen LogP) is 6.65. The molecule has 33 heavy (non-hydrogen) atoms. The summed E-state index contributed by atoms with van der Waals surface area (Å²) in [5.41, 5.74) is 1.15. The molecule has 13 heteroatoms. The van der Waals surface area contributed by atoms with E-state index < -0.39 is 43.5 Å². The normalized spacial score (nSPS) is 14.5. The van der Waals surface area contributed by atoms with Gasteiger partial charge in [-0.2, -0.15) is 26.3 Å². The zero-order valence-corrected chi connectivity index (χ0v) is 17.8. The molecule has 1 heterocycles. The van der Waals surface area contributed by atoms with Crippen molar-refractivity contribution in [3.63, 3.8) is 0 Å². The number of benzene rings is 2. The van der Waals surface area contributed by atoms with Crippen LogP contribution >= 0.6 is 23.2 Å². The van der Waals surface area contributed by atoms with Crippen molar-refractivity contribution in [2.45, 2.75) is 36.8 Å². The van der Waals surface area contributed by atoms with Gasteiger partial charge in [0.15, 0.2) is 0 Å². The standard InChI is InChI=1S/C20H15Cl2F8NO2/c21-10-1-3-15-13(5-10)14-6-11(22)2-4-16(14)31(15)7-12(32)8-33-9-18(25,26)20(29,30)19(27,28)17(23)24/h1-6,12,17,32H,7-9H2/t12-/m0/s1. The number of ether oxygens (including phenoxy) is 1. The minimum Gasteiger partial charge on any atom is -0.389 e. The summed E-state index contributed by atoms with van der Waals surface area (Å²) in [5, 5.41) is 12.3. The van der Waals surface area contributed by atoms with Crippen molar-refractivity contribution in [3.05, 3.63) is 46.4 Å². The van der Waals surface area contributed by atoms with Gasteiger partial charge in [-0.1, -0.05) is 23.2 Å². The third-order valence-corrected chi connectivity index (χ3v) is 5.40. The Labute approximate surface area is 191 Å². The number of aliphatic hydroxyl groups is 1. The zero-order chi connectivity index (χ0) is 24.8. The highest BCUT2D eigenvalue weighted by molar-refractivity contribution is 6.33. The van der Waals surface area contributed by atoms with Crippen molar-refractivity contribution in [3.8, 4) is 0 Å². The Bertz CT molecular complexity index is 1090. The quantitative estimate of drug-likeness (QED) is 0.318. The molecule has 2 aromatic carbocycles. The molecule has 182 valence electrons. The molecule has 0 bridgehead atoms. The van der Waals surface area contributed by atoms with Crippen LogP contribution in [0.1, 0.15) is 0 Å². The SMILES string of the molecule is O[C@H](COCC(F)(F)C(F)(F)C(F)(F)C(F)F)Cn1c2ccc(Cl)cc2c2cc(Cl)ccc21. The molecular weight excluding hydrogens is 509 g/mol. The lowest BCUT2D eigenvalue weighted by Gasteiger charge is -2.32. The van der Waals surface area contributed by atoms with E-state index in [1.807, 2.05) is 0 Å². The van der Waals surface area contributed by atoms with E-state index in [0.717, 1.165) is 0 Å². The van der Waals surface area contributed by atoms with Crippen LogP contribution in [0.3, 0.4) is 0 Å². The summed E-state index contributed by atoms with van der Waals surface area (Å²) in [6, 6.07) is 9.66. The van der Waals surface area contributed by atoms with Crippen molar-refractivity contribution in [1.29, 1.82) is 0 Å². The molecule has 0 aliphatic heterocycles. The molecule has 0 radical (unpaired) electrons. The Morgan fingerprint density at radius 3 is 1.82 bits per heavy atom. The summed E-state index contributed by atoms with van der Waals surface area (Å²) in [4.78, 5) is 0. The minimum atomic E-state index is -6.37. The number of rotatable bonds is 9. The Morgan fingerprint density at radius 1 is 0.879 bits per heavy atom. The number of aliphatic hydroxyl groups excluding tert-OH is 1. The van der Waals surface area contributed by atoms with Crippen LogP contribution in [0.25, 0.3) is 21.8 Å². The molecular formula is C20H15Cl2F8NO2. The van der Waals surface area contributed by atoms with Gasteiger partial charge in [-0.25, -0.2) is 8.78 Å². The first-order valence-electron chi connectivity index (χ1n) is 9.23. The summed E-state index contributed by atoms with van der Waals surface area (Å²) >= 11 is 12.1. The molecule has 0 unspecified atom stereocenters. The van der Waals surface area contributed by atoms with E-state index in [1.165, 1.54) is 0 Å². The molecule has 0 saturated carbocycles. The molecule has 3 rings (SSSR count).